The Morgan fingerprint density at radius 3 is 3.17 bits per heavy atom. The van der Waals surface area contributed by atoms with Crippen molar-refractivity contribution in [1.29, 1.82) is 5.26 Å². The summed E-state index contributed by atoms with van der Waals surface area (Å²) in [6.45, 7) is 0.660. The average Bonchev–Trinajstić information content (AvgIpc) is 2.50. The topological polar surface area (TPSA) is 33.0 Å². The molecule has 0 amide bonds. The second kappa shape index (κ2) is 2.86. The Morgan fingerprint density at radius 2 is 2.33 bits per heavy atom. The van der Waals surface area contributed by atoms with Crippen molar-refractivity contribution in [2.45, 2.75) is 12.3 Å². The Morgan fingerprint density at radius 1 is 1.50 bits per heavy atom. The number of nitrogens with zero attached hydrogens (tertiary/aromatic N) is 1. The molecule has 0 bridgehead atoms. The summed E-state index contributed by atoms with van der Waals surface area (Å²) in [6, 6.07) is 10.1. The zero-order valence-electron chi connectivity index (χ0n) is 6.66. The molecule has 1 heterocycles. The number of hydrogen-bond donors (Lipinski definition) is 0. The van der Waals surface area contributed by atoms with Gasteiger partial charge in [0.1, 0.15) is 5.75 Å². The van der Waals surface area contributed by atoms with Crippen LogP contribution in [-0.4, -0.2) is 6.61 Å². The third-order valence-corrected chi connectivity index (χ3v) is 2.14. The Kier molecular flexibility index (Phi) is 1.71. The number of nitriles is 1. The van der Waals surface area contributed by atoms with E-state index in [-0.39, 0.29) is 5.92 Å². The molecular weight excluding hydrogens is 150 g/mol. The minimum Gasteiger partial charge on any atom is -0.493 e. The predicted octanol–water partition coefficient (Wildman–Crippen LogP) is 2.08. The van der Waals surface area contributed by atoms with E-state index in [2.05, 4.69) is 6.07 Å². The molecule has 2 heteroatoms. The van der Waals surface area contributed by atoms with Gasteiger partial charge in [0.05, 0.1) is 12.7 Å². The fourth-order valence-electron chi connectivity index (χ4n) is 1.51. The number of hydrogen-bond acceptors (Lipinski definition) is 2. The summed E-state index contributed by atoms with van der Waals surface area (Å²) in [5, 5.41) is 8.55. The molecular formula is C10H9NO. The molecule has 0 N–H and O–H groups in total. The van der Waals surface area contributed by atoms with Crippen molar-refractivity contribution in [3.63, 3.8) is 0 Å². The molecule has 0 aromatic heterocycles. The molecule has 1 aliphatic heterocycles. The highest BCUT2D eigenvalue weighted by Crippen LogP contribution is 2.34. The van der Waals surface area contributed by atoms with Crippen LogP contribution < -0.4 is 4.74 Å². The quantitative estimate of drug-likeness (QED) is 0.628. The Hall–Kier alpha value is -1.49. The van der Waals surface area contributed by atoms with E-state index in [4.69, 9.17) is 10.00 Å². The van der Waals surface area contributed by atoms with Crippen LogP contribution in [0.25, 0.3) is 0 Å². The molecule has 0 aliphatic carbocycles. The molecule has 2 nitrogen and oxygen atoms in total. The number of para-hydroxylation sites is 1. The van der Waals surface area contributed by atoms with Crippen molar-refractivity contribution in [2.75, 3.05) is 6.61 Å². The zero-order chi connectivity index (χ0) is 8.39. The summed E-state index contributed by atoms with van der Waals surface area (Å²) in [5.74, 6) is 1.23. The first kappa shape index (κ1) is 7.17. The molecule has 0 saturated carbocycles. The second-order valence-corrected chi connectivity index (χ2v) is 2.91. The van der Waals surface area contributed by atoms with Crippen molar-refractivity contribution in [3.8, 4) is 11.8 Å². The van der Waals surface area contributed by atoms with Crippen molar-refractivity contribution in [3.05, 3.63) is 29.8 Å². The smallest absolute Gasteiger partial charge is 0.122 e. The van der Waals surface area contributed by atoms with Crippen LogP contribution in [0.5, 0.6) is 5.75 Å². The van der Waals surface area contributed by atoms with Crippen LogP contribution in [0.4, 0.5) is 0 Å². The highest BCUT2D eigenvalue weighted by Gasteiger charge is 2.22. The lowest BCUT2D eigenvalue weighted by Crippen LogP contribution is -1.98. The Bertz CT molecular complexity index is 327. The van der Waals surface area contributed by atoms with E-state index in [0.29, 0.717) is 13.0 Å². The third-order valence-electron chi connectivity index (χ3n) is 2.14. The van der Waals surface area contributed by atoms with E-state index in [1.54, 1.807) is 0 Å². The maximum atomic E-state index is 8.55. The largest absolute Gasteiger partial charge is 0.493 e. The van der Waals surface area contributed by atoms with Crippen molar-refractivity contribution in [2.24, 2.45) is 0 Å². The van der Waals surface area contributed by atoms with Crippen molar-refractivity contribution < 1.29 is 4.74 Å². The number of fused-ring (bicyclic) bond motifs is 1. The first-order valence-electron chi connectivity index (χ1n) is 4.00. The van der Waals surface area contributed by atoms with Gasteiger partial charge in [-0.05, 0) is 6.07 Å². The zero-order valence-corrected chi connectivity index (χ0v) is 6.66. The number of ether oxygens (including phenoxy) is 1. The number of benzene rings is 1. The summed E-state index contributed by atoms with van der Waals surface area (Å²) >= 11 is 0. The summed E-state index contributed by atoms with van der Waals surface area (Å²) < 4.78 is 5.41. The van der Waals surface area contributed by atoms with Crippen LogP contribution in [0.3, 0.4) is 0 Å². The molecule has 1 atom stereocenters. The average molecular weight is 159 g/mol. The van der Waals surface area contributed by atoms with E-state index < -0.39 is 0 Å². The lowest BCUT2D eigenvalue weighted by atomic mass is 9.99. The molecule has 0 spiro atoms. The van der Waals surface area contributed by atoms with Crippen molar-refractivity contribution >= 4 is 0 Å². The van der Waals surface area contributed by atoms with Crippen LogP contribution in [0.2, 0.25) is 0 Å². The summed E-state index contributed by atoms with van der Waals surface area (Å²) in [6.07, 6.45) is 0.553. The molecule has 1 aliphatic rings. The fraction of sp³-hybridized carbons (Fsp3) is 0.300. The molecule has 12 heavy (non-hydrogen) atoms. The normalized spacial score (nSPS) is 19.4. The van der Waals surface area contributed by atoms with Gasteiger partial charge in [0.15, 0.2) is 0 Å². The predicted molar refractivity (Wildman–Crippen MR) is 44.9 cm³/mol. The van der Waals surface area contributed by atoms with Gasteiger partial charge < -0.3 is 4.74 Å². The van der Waals surface area contributed by atoms with Crippen molar-refractivity contribution in [1.82, 2.24) is 0 Å². The maximum Gasteiger partial charge on any atom is 0.122 e. The van der Waals surface area contributed by atoms with Crippen LogP contribution in [-0.2, 0) is 0 Å². The lowest BCUT2D eigenvalue weighted by molar-refractivity contribution is 0.332. The van der Waals surface area contributed by atoms with Crippen LogP contribution in [0.1, 0.15) is 17.9 Å². The standard InChI is InChI=1S/C10H9NO/c11-6-5-8-7-12-10-4-2-1-3-9(8)10/h1-4,8H,5,7H2. The minimum atomic E-state index is 0.284. The summed E-state index contributed by atoms with van der Waals surface area (Å²) in [5.41, 5.74) is 1.18. The molecule has 0 radical (unpaired) electrons. The van der Waals surface area contributed by atoms with E-state index in [9.17, 15) is 0 Å². The highest BCUT2D eigenvalue weighted by molar-refractivity contribution is 5.39. The van der Waals surface area contributed by atoms with Gasteiger partial charge in [-0.15, -0.1) is 0 Å². The third kappa shape index (κ3) is 1.04. The SMILES string of the molecule is N#CCC1COc2ccccc21. The van der Waals surface area contributed by atoms with E-state index in [0.717, 1.165) is 5.75 Å². The maximum absolute atomic E-state index is 8.55. The Labute approximate surface area is 71.4 Å². The molecule has 1 aromatic rings. The van der Waals surface area contributed by atoms with Gasteiger partial charge in [0.2, 0.25) is 0 Å². The van der Waals surface area contributed by atoms with E-state index in [1.807, 2.05) is 24.3 Å². The van der Waals surface area contributed by atoms with Gasteiger partial charge >= 0.3 is 0 Å². The van der Waals surface area contributed by atoms with Gasteiger partial charge in [-0.1, -0.05) is 18.2 Å². The highest BCUT2D eigenvalue weighted by atomic mass is 16.5. The second-order valence-electron chi connectivity index (χ2n) is 2.91. The fourth-order valence-corrected chi connectivity index (χ4v) is 1.51. The van der Waals surface area contributed by atoms with E-state index in [1.165, 1.54) is 5.56 Å². The Balaban J connectivity index is 2.31. The minimum absolute atomic E-state index is 0.284. The van der Waals surface area contributed by atoms with Crippen LogP contribution in [0, 0.1) is 11.3 Å². The van der Waals surface area contributed by atoms with Gasteiger partial charge in [-0.2, -0.15) is 5.26 Å². The molecule has 2 rings (SSSR count). The van der Waals surface area contributed by atoms with Crippen LogP contribution >= 0.6 is 0 Å². The van der Waals surface area contributed by atoms with Gasteiger partial charge in [-0.3, -0.25) is 0 Å². The summed E-state index contributed by atoms with van der Waals surface area (Å²) in [7, 11) is 0. The molecule has 1 aromatic carbocycles. The first-order chi connectivity index (χ1) is 5.92. The molecule has 0 saturated heterocycles. The van der Waals surface area contributed by atoms with Gasteiger partial charge in [0, 0.05) is 17.9 Å². The lowest BCUT2D eigenvalue weighted by Gasteiger charge is -2.00. The first-order valence-corrected chi connectivity index (χ1v) is 4.00. The van der Waals surface area contributed by atoms with Gasteiger partial charge in [0.25, 0.3) is 0 Å². The molecule has 0 fully saturated rings. The molecule has 60 valence electrons. The molecule has 1 unspecified atom stereocenters. The monoisotopic (exact) mass is 159 g/mol. The number of rotatable bonds is 1. The summed E-state index contributed by atoms with van der Waals surface area (Å²) in [4.78, 5) is 0. The van der Waals surface area contributed by atoms with Crippen LogP contribution in [0.15, 0.2) is 24.3 Å². The van der Waals surface area contributed by atoms with E-state index >= 15 is 0 Å². The van der Waals surface area contributed by atoms with Gasteiger partial charge in [-0.25, -0.2) is 0 Å².